The van der Waals surface area contributed by atoms with Gasteiger partial charge in [-0.25, -0.2) is 4.98 Å². The number of hydrogen-bond donors (Lipinski definition) is 2. The van der Waals surface area contributed by atoms with Crippen LogP contribution in [0.4, 0.5) is 17.2 Å². The number of nitrogens with zero attached hydrogens (tertiary/aromatic N) is 3. The summed E-state index contributed by atoms with van der Waals surface area (Å²) < 4.78 is 0. The summed E-state index contributed by atoms with van der Waals surface area (Å²) in [6.07, 6.45) is 3.52. The first-order valence-electron chi connectivity index (χ1n) is 9.44. The summed E-state index contributed by atoms with van der Waals surface area (Å²) in [7, 11) is 0. The van der Waals surface area contributed by atoms with Gasteiger partial charge in [0.25, 0.3) is 5.69 Å². The van der Waals surface area contributed by atoms with Gasteiger partial charge >= 0.3 is 11.8 Å². The molecule has 2 heterocycles. The molecule has 0 spiro atoms. The van der Waals surface area contributed by atoms with Crippen LogP contribution in [0, 0.1) is 23.0 Å². The average molecular weight is 397 g/mol. The van der Waals surface area contributed by atoms with Crippen LogP contribution in [0.15, 0.2) is 42.6 Å². The fourth-order valence-corrected chi connectivity index (χ4v) is 3.30. The van der Waals surface area contributed by atoms with Gasteiger partial charge in [0.15, 0.2) is 0 Å². The number of benzene rings is 1. The molecule has 1 aliphatic heterocycles. The number of amides is 2. The van der Waals surface area contributed by atoms with Crippen LogP contribution in [0.5, 0.6) is 0 Å². The molecular weight excluding hydrogens is 374 g/mol. The predicted molar refractivity (Wildman–Crippen MR) is 109 cm³/mol. The van der Waals surface area contributed by atoms with Gasteiger partial charge in [0.05, 0.1) is 4.92 Å². The minimum atomic E-state index is -0.914. The number of aryl methyl sites for hydroxylation is 1. The average Bonchev–Trinajstić information content (AvgIpc) is 2.74. The Hall–Kier alpha value is -3.49. The quantitative estimate of drug-likeness (QED) is 0.454. The Labute approximate surface area is 168 Å². The number of hydrogen-bond acceptors (Lipinski definition) is 6. The molecule has 29 heavy (non-hydrogen) atoms. The van der Waals surface area contributed by atoms with Gasteiger partial charge < -0.3 is 15.5 Å². The van der Waals surface area contributed by atoms with Crippen LogP contribution in [0.1, 0.15) is 18.4 Å². The van der Waals surface area contributed by atoms with Crippen molar-refractivity contribution >= 4 is 29.0 Å². The molecule has 1 saturated heterocycles. The van der Waals surface area contributed by atoms with Crippen LogP contribution in [-0.4, -0.2) is 41.4 Å². The van der Waals surface area contributed by atoms with Crippen LogP contribution < -0.4 is 15.5 Å². The van der Waals surface area contributed by atoms with Gasteiger partial charge in [-0.1, -0.05) is 12.1 Å². The lowest BCUT2D eigenvalue weighted by Crippen LogP contribution is -2.42. The number of aromatic nitrogens is 1. The van der Waals surface area contributed by atoms with Crippen LogP contribution in [0.2, 0.25) is 0 Å². The summed E-state index contributed by atoms with van der Waals surface area (Å²) in [5, 5.41) is 16.1. The van der Waals surface area contributed by atoms with E-state index in [1.165, 1.54) is 12.1 Å². The van der Waals surface area contributed by atoms with Crippen molar-refractivity contribution in [3.05, 3.63) is 58.3 Å². The highest BCUT2D eigenvalue weighted by Gasteiger charge is 2.23. The number of nitrogens with one attached hydrogen (secondary N) is 2. The van der Waals surface area contributed by atoms with Gasteiger partial charge in [-0.3, -0.25) is 19.7 Å². The number of piperidine rings is 1. The molecule has 1 aromatic carbocycles. The van der Waals surface area contributed by atoms with Crippen molar-refractivity contribution in [1.29, 1.82) is 0 Å². The molecule has 2 aromatic rings. The van der Waals surface area contributed by atoms with E-state index in [-0.39, 0.29) is 17.3 Å². The number of nitro groups is 1. The number of nitro benzene ring substituents is 1. The lowest BCUT2D eigenvalue weighted by Gasteiger charge is -2.32. The number of rotatable bonds is 5. The molecule has 2 amide bonds. The Kier molecular flexibility index (Phi) is 6.38. The highest BCUT2D eigenvalue weighted by Crippen LogP contribution is 2.25. The van der Waals surface area contributed by atoms with Gasteiger partial charge in [0, 0.05) is 31.9 Å². The molecule has 1 aliphatic rings. The molecule has 0 radical (unpaired) electrons. The number of carbonyl (C=O) groups excluding carboxylic acids is 2. The zero-order chi connectivity index (χ0) is 20.8. The Bertz CT molecular complexity index is 895. The summed E-state index contributed by atoms with van der Waals surface area (Å²) >= 11 is 0. The molecule has 1 aromatic heterocycles. The van der Waals surface area contributed by atoms with Crippen molar-refractivity contribution in [2.75, 3.05) is 29.9 Å². The van der Waals surface area contributed by atoms with Crippen LogP contribution >= 0.6 is 0 Å². The molecule has 0 bridgehead atoms. The standard InChI is InChI=1S/C20H23N5O4/c1-14-5-6-16(17(12-14)25(28)29)23-20(27)19(26)22-13-15-7-10-24(11-8-15)18-4-2-3-9-21-18/h2-6,9,12,15H,7-8,10-11,13H2,1H3,(H,22,26)(H,23,27). The van der Waals surface area contributed by atoms with E-state index in [9.17, 15) is 19.7 Å². The first-order chi connectivity index (χ1) is 13.9. The Morgan fingerprint density at radius 2 is 1.97 bits per heavy atom. The highest BCUT2D eigenvalue weighted by atomic mass is 16.6. The van der Waals surface area contributed by atoms with E-state index in [2.05, 4.69) is 20.5 Å². The summed E-state index contributed by atoms with van der Waals surface area (Å²) in [4.78, 5) is 41.3. The zero-order valence-electron chi connectivity index (χ0n) is 16.1. The van der Waals surface area contributed by atoms with E-state index in [1.54, 1.807) is 19.2 Å². The fourth-order valence-electron chi connectivity index (χ4n) is 3.30. The Morgan fingerprint density at radius 3 is 2.62 bits per heavy atom. The normalized spacial score (nSPS) is 14.3. The summed E-state index contributed by atoms with van der Waals surface area (Å²) in [5.74, 6) is -0.510. The smallest absolute Gasteiger partial charge is 0.313 e. The van der Waals surface area contributed by atoms with E-state index >= 15 is 0 Å². The van der Waals surface area contributed by atoms with Crippen molar-refractivity contribution in [1.82, 2.24) is 10.3 Å². The largest absolute Gasteiger partial charge is 0.357 e. The van der Waals surface area contributed by atoms with Crippen LogP contribution in [0.3, 0.4) is 0 Å². The lowest BCUT2D eigenvalue weighted by molar-refractivity contribution is -0.384. The maximum atomic E-state index is 12.1. The van der Waals surface area contributed by atoms with E-state index in [0.29, 0.717) is 12.1 Å². The predicted octanol–water partition coefficient (Wildman–Crippen LogP) is 2.27. The monoisotopic (exact) mass is 397 g/mol. The molecule has 1 fully saturated rings. The third-order valence-electron chi connectivity index (χ3n) is 4.94. The second-order valence-electron chi connectivity index (χ2n) is 7.06. The fraction of sp³-hybridized carbons (Fsp3) is 0.350. The van der Waals surface area contributed by atoms with Gasteiger partial charge in [-0.15, -0.1) is 0 Å². The molecule has 0 atom stereocenters. The topological polar surface area (TPSA) is 117 Å². The lowest BCUT2D eigenvalue weighted by atomic mass is 9.97. The van der Waals surface area contributed by atoms with Gasteiger partial charge in [-0.2, -0.15) is 0 Å². The van der Waals surface area contributed by atoms with Gasteiger partial charge in [0.1, 0.15) is 11.5 Å². The molecule has 2 N–H and O–H groups in total. The third-order valence-corrected chi connectivity index (χ3v) is 4.94. The molecule has 0 unspecified atom stereocenters. The van der Waals surface area contributed by atoms with Gasteiger partial charge in [0.2, 0.25) is 0 Å². The van der Waals surface area contributed by atoms with Crippen LogP contribution in [-0.2, 0) is 9.59 Å². The molecule has 152 valence electrons. The first-order valence-corrected chi connectivity index (χ1v) is 9.44. The van der Waals surface area contributed by atoms with Crippen LogP contribution in [0.25, 0.3) is 0 Å². The van der Waals surface area contributed by atoms with Gasteiger partial charge in [-0.05, 0) is 49.4 Å². The molecule has 0 saturated carbocycles. The van der Waals surface area contributed by atoms with Crippen molar-refractivity contribution in [3.63, 3.8) is 0 Å². The van der Waals surface area contributed by atoms with E-state index in [1.807, 2.05) is 18.2 Å². The minimum absolute atomic E-state index is 0.00409. The molecule has 3 rings (SSSR count). The number of pyridine rings is 1. The van der Waals surface area contributed by atoms with Crippen molar-refractivity contribution in [2.45, 2.75) is 19.8 Å². The molecular formula is C20H23N5O4. The number of carbonyl (C=O) groups is 2. The molecule has 9 heteroatoms. The van der Waals surface area contributed by atoms with E-state index in [4.69, 9.17) is 0 Å². The second-order valence-corrected chi connectivity index (χ2v) is 7.06. The van der Waals surface area contributed by atoms with E-state index in [0.717, 1.165) is 31.7 Å². The highest BCUT2D eigenvalue weighted by molar-refractivity contribution is 6.39. The zero-order valence-corrected chi connectivity index (χ0v) is 16.1. The minimum Gasteiger partial charge on any atom is -0.357 e. The molecule has 9 nitrogen and oxygen atoms in total. The van der Waals surface area contributed by atoms with E-state index < -0.39 is 16.7 Å². The van der Waals surface area contributed by atoms with Crippen molar-refractivity contribution in [3.8, 4) is 0 Å². The molecule has 0 aliphatic carbocycles. The maximum absolute atomic E-state index is 12.1. The van der Waals surface area contributed by atoms with Crippen molar-refractivity contribution < 1.29 is 14.5 Å². The first kappa shape index (κ1) is 20.2. The Balaban J connectivity index is 1.48. The van der Waals surface area contributed by atoms with Crippen molar-refractivity contribution in [2.24, 2.45) is 5.92 Å². The number of anilines is 2. The maximum Gasteiger partial charge on any atom is 0.313 e. The Morgan fingerprint density at radius 1 is 1.21 bits per heavy atom. The SMILES string of the molecule is Cc1ccc(NC(=O)C(=O)NCC2CCN(c3ccccn3)CC2)c([N+](=O)[O-])c1. The summed E-state index contributed by atoms with van der Waals surface area (Å²) in [5.41, 5.74) is 0.452. The summed E-state index contributed by atoms with van der Waals surface area (Å²) in [6, 6.07) is 10.2. The summed E-state index contributed by atoms with van der Waals surface area (Å²) in [6.45, 7) is 3.77. The third kappa shape index (κ3) is 5.28. The second kappa shape index (κ2) is 9.13.